The first kappa shape index (κ1) is 9.61. The van der Waals surface area contributed by atoms with Crippen LogP contribution < -0.4 is 5.73 Å². The van der Waals surface area contributed by atoms with Gasteiger partial charge < -0.3 is 10.8 Å². The summed E-state index contributed by atoms with van der Waals surface area (Å²) in [5.41, 5.74) is 6.05. The van der Waals surface area contributed by atoms with E-state index in [1.54, 1.807) is 17.8 Å². The number of benzene rings is 1. The van der Waals surface area contributed by atoms with Crippen molar-refractivity contribution in [3.05, 3.63) is 12.1 Å². The van der Waals surface area contributed by atoms with E-state index < -0.39 is 0 Å². The minimum Gasteiger partial charge on any atom is -0.505 e. The number of hydrogen-bond donors (Lipinski definition) is 2. The van der Waals surface area contributed by atoms with Gasteiger partial charge in [0, 0.05) is 4.90 Å². The van der Waals surface area contributed by atoms with Gasteiger partial charge in [-0.15, -0.1) is 23.5 Å². The first-order chi connectivity index (χ1) is 5.69. The average Bonchev–Trinajstić information content (AvgIpc) is 2.09. The lowest BCUT2D eigenvalue weighted by atomic mass is 10.3. The summed E-state index contributed by atoms with van der Waals surface area (Å²) in [6.07, 6.45) is 3.90. The van der Waals surface area contributed by atoms with Gasteiger partial charge in [-0.2, -0.15) is 0 Å². The van der Waals surface area contributed by atoms with Crippen molar-refractivity contribution in [3.63, 3.8) is 0 Å². The molecule has 0 heterocycles. The van der Waals surface area contributed by atoms with Crippen molar-refractivity contribution in [3.8, 4) is 5.75 Å². The smallest absolute Gasteiger partial charge is 0.152 e. The van der Waals surface area contributed by atoms with Crippen molar-refractivity contribution in [2.24, 2.45) is 0 Å². The van der Waals surface area contributed by atoms with Crippen LogP contribution in [0.5, 0.6) is 5.75 Å². The molecule has 0 spiro atoms. The number of aromatic hydroxyl groups is 1. The first-order valence-electron chi connectivity index (χ1n) is 3.39. The molecule has 0 aliphatic heterocycles. The van der Waals surface area contributed by atoms with Crippen LogP contribution in [-0.4, -0.2) is 17.6 Å². The van der Waals surface area contributed by atoms with E-state index in [4.69, 9.17) is 5.73 Å². The van der Waals surface area contributed by atoms with E-state index >= 15 is 0 Å². The number of hydrogen-bond acceptors (Lipinski definition) is 4. The summed E-state index contributed by atoms with van der Waals surface area (Å²) >= 11 is 3.11. The molecule has 0 aromatic heterocycles. The molecule has 0 radical (unpaired) electrons. The van der Waals surface area contributed by atoms with Gasteiger partial charge in [0.2, 0.25) is 0 Å². The minimum atomic E-state index is 0.195. The number of rotatable bonds is 2. The maximum atomic E-state index is 9.46. The van der Waals surface area contributed by atoms with Crippen molar-refractivity contribution in [2.75, 3.05) is 18.2 Å². The van der Waals surface area contributed by atoms with E-state index in [-0.39, 0.29) is 5.75 Å². The van der Waals surface area contributed by atoms with E-state index in [0.29, 0.717) is 5.69 Å². The number of nitrogen functional groups attached to an aromatic ring is 1. The molecule has 0 aliphatic carbocycles. The van der Waals surface area contributed by atoms with Crippen molar-refractivity contribution < 1.29 is 5.11 Å². The summed E-state index contributed by atoms with van der Waals surface area (Å²) < 4.78 is 0. The predicted octanol–water partition coefficient (Wildman–Crippen LogP) is 2.42. The Balaban J connectivity index is 3.19. The van der Waals surface area contributed by atoms with E-state index in [1.165, 1.54) is 11.8 Å². The third-order valence-corrected chi connectivity index (χ3v) is 2.99. The molecule has 2 nitrogen and oxygen atoms in total. The summed E-state index contributed by atoms with van der Waals surface area (Å²) in [5.74, 6) is 0.195. The number of phenolic OH excluding ortho intramolecular Hbond substituents is 1. The molecular weight excluding hydrogens is 190 g/mol. The molecule has 1 aromatic rings. The van der Waals surface area contributed by atoms with E-state index in [9.17, 15) is 5.11 Å². The lowest BCUT2D eigenvalue weighted by Crippen LogP contribution is -1.87. The monoisotopic (exact) mass is 201 g/mol. The maximum absolute atomic E-state index is 9.46. The largest absolute Gasteiger partial charge is 0.505 e. The van der Waals surface area contributed by atoms with Gasteiger partial charge >= 0.3 is 0 Å². The Kier molecular flexibility index (Phi) is 3.17. The number of thioether (sulfide) groups is 2. The average molecular weight is 201 g/mol. The van der Waals surface area contributed by atoms with Crippen molar-refractivity contribution in [2.45, 2.75) is 9.79 Å². The van der Waals surface area contributed by atoms with E-state index in [0.717, 1.165) is 9.79 Å². The molecule has 0 saturated carbocycles. The molecule has 0 bridgehead atoms. The summed E-state index contributed by atoms with van der Waals surface area (Å²) in [5, 5.41) is 9.46. The maximum Gasteiger partial charge on any atom is 0.152 e. The predicted molar refractivity (Wildman–Crippen MR) is 56.1 cm³/mol. The van der Waals surface area contributed by atoms with Gasteiger partial charge in [0.25, 0.3) is 0 Å². The Morgan fingerprint density at radius 1 is 1.25 bits per heavy atom. The quantitative estimate of drug-likeness (QED) is 0.438. The van der Waals surface area contributed by atoms with Crippen LogP contribution in [0.15, 0.2) is 21.9 Å². The third-order valence-electron chi connectivity index (χ3n) is 1.53. The van der Waals surface area contributed by atoms with Gasteiger partial charge in [-0.3, -0.25) is 0 Å². The zero-order chi connectivity index (χ0) is 9.14. The van der Waals surface area contributed by atoms with Crippen LogP contribution in [0.4, 0.5) is 5.69 Å². The fourth-order valence-corrected chi connectivity index (χ4v) is 1.99. The molecule has 0 aliphatic rings. The van der Waals surface area contributed by atoms with Crippen molar-refractivity contribution >= 4 is 29.2 Å². The molecule has 0 atom stereocenters. The van der Waals surface area contributed by atoms with Crippen LogP contribution in [-0.2, 0) is 0 Å². The Labute approximate surface area is 80.5 Å². The van der Waals surface area contributed by atoms with Gasteiger partial charge in [-0.25, -0.2) is 0 Å². The van der Waals surface area contributed by atoms with Gasteiger partial charge in [-0.05, 0) is 24.6 Å². The molecule has 0 saturated heterocycles. The van der Waals surface area contributed by atoms with Crippen molar-refractivity contribution in [1.29, 1.82) is 0 Å². The molecule has 1 rings (SSSR count). The number of anilines is 1. The van der Waals surface area contributed by atoms with Gasteiger partial charge in [0.05, 0.1) is 10.6 Å². The molecule has 12 heavy (non-hydrogen) atoms. The van der Waals surface area contributed by atoms with E-state index in [2.05, 4.69) is 0 Å². The Hall–Kier alpha value is -0.480. The number of phenols is 1. The summed E-state index contributed by atoms with van der Waals surface area (Å²) in [4.78, 5) is 1.91. The zero-order valence-electron chi connectivity index (χ0n) is 7.00. The first-order valence-corrected chi connectivity index (χ1v) is 5.84. The molecular formula is C8H11NOS2. The highest BCUT2D eigenvalue weighted by molar-refractivity contribution is 7.99. The third kappa shape index (κ3) is 1.81. The highest BCUT2D eigenvalue weighted by Crippen LogP contribution is 2.35. The molecule has 4 heteroatoms. The summed E-state index contributed by atoms with van der Waals surface area (Å²) in [7, 11) is 0. The SMILES string of the molecule is CSc1cc(N)c(O)c(SC)c1. The fourth-order valence-electron chi connectivity index (χ4n) is 0.877. The minimum absolute atomic E-state index is 0.195. The Morgan fingerprint density at radius 2 is 1.92 bits per heavy atom. The second-order valence-corrected chi connectivity index (χ2v) is 4.00. The Morgan fingerprint density at radius 3 is 2.42 bits per heavy atom. The second kappa shape index (κ2) is 3.96. The summed E-state index contributed by atoms with van der Waals surface area (Å²) in [6, 6.07) is 3.71. The highest BCUT2D eigenvalue weighted by Gasteiger charge is 2.05. The Bertz CT molecular complexity index is 289. The van der Waals surface area contributed by atoms with Gasteiger partial charge in [0.1, 0.15) is 0 Å². The lowest BCUT2D eigenvalue weighted by molar-refractivity contribution is 0.464. The number of nitrogens with two attached hydrogens (primary N) is 1. The molecule has 3 N–H and O–H groups in total. The van der Waals surface area contributed by atoms with Gasteiger partial charge in [-0.1, -0.05) is 0 Å². The second-order valence-electron chi connectivity index (χ2n) is 2.27. The van der Waals surface area contributed by atoms with Crippen LogP contribution in [0.25, 0.3) is 0 Å². The molecule has 0 fully saturated rings. The van der Waals surface area contributed by atoms with Crippen LogP contribution in [0.1, 0.15) is 0 Å². The molecule has 1 aromatic carbocycles. The topological polar surface area (TPSA) is 46.2 Å². The fraction of sp³-hybridized carbons (Fsp3) is 0.250. The summed E-state index contributed by atoms with van der Waals surface area (Å²) in [6.45, 7) is 0. The van der Waals surface area contributed by atoms with Crippen LogP contribution in [0.2, 0.25) is 0 Å². The normalized spacial score (nSPS) is 10.2. The zero-order valence-corrected chi connectivity index (χ0v) is 8.63. The van der Waals surface area contributed by atoms with E-state index in [1.807, 2.05) is 18.6 Å². The molecule has 66 valence electrons. The van der Waals surface area contributed by atoms with Gasteiger partial charge in [0.15, 0.2) is 5.75 Å². The van der Waals surface area contributed by atoms with Crippen LogP contribution in [0.3, 0.4) is 0 Å². The standard InChI is InChI=1S/C8H11NOS2/c1-11-5-3-6(9)8(10)7(4-5)12-2/h3-4,10H,9H2,1-2H3. The highest BCUT2D eigenvalue weighted by atomic mass is 32.2. The molecule has 0 amide bonds. The van der Waals surface area contributed by atoms with Crippen molar-refractivity contribution in [1.82, 2.24) is 0 Å². The molecule has 0 unspecified atom stereocenters. The van der Waals surface area contributed by atoms with Crippen LogP contribution in [0, 0.1) is 0 Å². The van der Waals surface area contributed by atoms with Crippen LogP contribution >= 0.6 is 23.5 Å². The lowest BCUT2D eigenvalue weighted by Gasteiger charge is -2.06.